The number of benzene rings is 2. The Bertz CT molecular complexity index is 1760. The van der Waals surface area contributed by atoms with Crippen molar-refractivity contribution in [1.82, 2.24) is 14.9 Å². The summed E-state index contributed by atoms with van der Waals surface area (Å²) < 4.78 is 2.18. The third-order valence-electron chi connectivity index (χ3n) is 9.23. The number of carbonyl (C=O) groups excluding carboxylic acids is 2. The first-order valence-corrected chi connectivity index (χ1v) is 15.5. The van der Waals surface area contributed by atoms with Crippen LogP contribution in [0.15, 0.2) is 66.7 Å². The van der Waals surface area contributed by atoms with Crippen molar-refractivity contribution in [2.45, 2.75) is 69.7 Å². The van der Waals surface area contributed by atoms with Crippen molar-refractivity contribution < 1.29 is 19.5 Å². The number of nitrogens with one attached hydrogen (secondary N) is 2. The number of pyridine rings is 1. The van der Waals surface area contributed by atoms with E-state index in [0.717, 1.165) is 59.7 Å². The molecule has 2 fully saturated rings. The van der Waals surface area contributed by atoms with E-state index < -0.39 is 11.5 Å². The fraction of sp³-hybridized carbons (Fsp3) is 0.333. The van der Waals surface area contributed by atoms with E-state index in [-0.39, 0.29) is 11.8 Å². The van der Waals surface area contributed by atoms with Gasteiger partial charge in [-0.05, 0) is 92.1 Å². The summed E-state index contributed by atoms with van der Waals surface area (Å²) in [4.78, 5) is 43.1. The van der Waals surface area contributed by atoms with Crippen molar-refractivity contribution in [3.8, 4) is 11.4 Å². The van der Waals surface area contributed by atoms with Crippen molar-refractivity contribution in [3.05, 3.63) is 89.1 Å². The second kappa shape index (κ2) is 12.1. The van der Waals surface area contributed by atoms with Crippen LogP contribution in [-0.4, -0.2) is 38.0 Å². The van der Waals surface area contributed by atoms with Crippen LogP contribution in [0.4, 0.5) is 5.69 Å². The van der Waals surface area contributed by atoms with Crippen LogP contribution >= 0.6 is 0 Å². The Morgan fingerprint density at radius 1 is 0.977 bits per heavy atom. The fourth-order valence-corrected chi connectivity index (χ4v) is 6.99. The number of amides is 2. The number of carbonyl (C=O) groups is 3. The summed E-state index contributed by atoms with van der Waals surface area (Å²) in [6.45, 7) is 2.01. The Kier molecular flexibility index (Phi) is 8.08. The first-order chi connectivity index (χ1) is 21.2. The largest absolute Gasteiger partial charge is 0.478 e. The van der Waals surface area contributed by atoms with Gasteiger partial charge in [-0.2, -0.15) is 0 Å². The van der Waals surface area contributed by atoms with Crippen molar-refractivity contribution in [3.63, 3.8) is 0 Å². The molecule has 2 aliphatic carbocycles. The van der Waals surface area contributed by atoms with Crippen molar-refractivity contribution in [2.75, 3.05) is 5.32 Å². The molecule has 0 bridgehead atoms. The molecular weight excluding hydrogens is 552 g/mol. The van der Waals surface area contributed by atoms with E-state index in [1.165, 1.54) is 24.5 Å². The molecule has 2 aliphatic rings. The average molecular weight is 591 g/mol. The van der Waals surface area contributed by atoms with Gasteiger partial charge in [0.1, 0.15) is 5.54 Å². The Balaban J connectivity index is 1.28. The number of nitrogens with zero attached hydrogens (tertiary/aromatic N) is 2. The maximum Gasteiger partial charge on any atom is 0.328 e. The summed E-state index contributed by atoms with van der Waals surface area (Å²) in [6, 6.07) is 19.0. The smallest absolute Gasteiger partial charge is 0.328 e. The van der Waals surface area contributed by atoms with Crippen LogP contribution in [0.5, 0.6) is 0 Å². The molecule has 8 heteroatoms. The number of carboxylic acid groups (broad SMARTS) is 1. The maximum atomic E-state index is 13.8. The lowest BCUT2D eigenvalue weighted by Gasteiger charge is -2.29. The highest BCUT2D eigenvalue weighted by molar-refractivity contribution is 6.05. The minimum atomic E-state index is -1.02. The molecule has 2 amide bonds. The number of anilines is 1. The van der Waals surface area contributed by atoms with Gasteiger partial charge in [0.25, 0.3) is 5.91 Å². The molecule has 2 aromatic carbocycles. The lowest BCUT2D eigenvalue weighted by atomic mass is 9.92. The number of carboxylic acids is 1. The maximum absolute atomic E-state index is 13.8. The zero-order valence-electron chi connectivity index (χ0n) is 25.2. The van der Waals surface area contributed by atoms with E-state index in [0.29, 0.717) is 35.6 Å². The molecule has 8 nitrogen and oxygen atoms in total. The Morgan fingerprint density at radius 3 is 2.39 bits per heavy atom. The third kappa shape index (κ3) is 5.76. The average Bonchev–Trinajstić information content (AvgIpc) is 3.77. The highest BCUT2D eigenvalue weighted by atomic mass is 16.4. The standard InChI is InChI=1S/C36H38N4O4/c1-23-8-7-11-29(37-23)33-32(25-9-3-4-10-25)28-18-15-26(22-30(28)40(33)2)34(43)39-36(20-5-6-21-36)35(44)38-27-16-12-24(13-17-27)14-19-31(41)42/h7-8,11-19,22,25H,3-6,9-10,20-21H2,1-2H3,(H,38,44)(H,39,43)(H,41,42)/b19-14+. The first kappa shape index (κ1) is 29.4. The second-order valence-corrected chi connectivity index (χ2v) is 12.2. The van der Waals surface area contributed by atoms with Crippen LogP contribution < -0.4 is 10.6 Å². The van der Waals surface area contributed by atoms with Gasteiger partial charge in [-0.25, -0.2) is 4.79 Å². The number of hydrogen-bond donors (Lipinski definition) is 3. The minimum Gasteiger partial charge on any atom is -0.478 e. The molecule has 2 aromatic heterocycles. The molecule has 6 rings (SSSR count). The SMILES string of the molecule is Cc1cccc(-c2c(C3CCCC3)c3ccc(C(=O)NC4(C(=O)Nc5ccc(/C=C/C(=O)O)cc5)CCCC4)cc3n2C)n1. The Morgan fingerprint density at radius 2 is 1.70 bits per heavy atom. The molecule has 0 radical (unpaired) electrons. The number of aliphatic carboxylic acids is 1. The summed E-state index contributed by atoms with van der Waals surface area (Å²) in [6.07, 6.45) is 10.1. The van der Waals surface area contributed by atoms with Gasteiger partial charge in [0.15, 0.2) is 0 Å². The van der Waals surface area contributed by atoms with Gasteiger partial charge in [-0.3, -0.25) is 14.6 Å². The lowest BCUT2D eigenvalue weighted by Crippen LogP contribution is -2.55. The normalized spacial score (nSPS) is 16.5. The van der Waals surface area contributed by atoms with E-state index in [4.69, 9.17) is 10.1 Å². The number of hydrogen-bond acceptors (Lipinski definition) is 4. The quantitative estimate of drug-likeness (QED) is 0.192. The first-order valence-electron chi connectivity index (χ1n) is 15.5. The van der Waals surface area contributed by atoms with Crippen LogP contribution in [0, 0.1) is 6.92 Å². The molecule has 44 heavy (non-hydrogen) atoms. The van der Waals surface area contributed by atoms with E-state index >= 15 is 0 Å². The Labute approximate surface area is 257 Å². The predicted octanol–water partition coefficient (Wildman–Crippen LogP) is 6.99. The summed E-state index contributed by atoms with van der Waals surface area (Å²) in [5, 5.41) is 16.1. The zero-order chi connectivity index (χ0) is 30.8. The molecule has 0 atom stereocenters. The molecule has 3 N–H and O–H groups in total. The number of aromatic nitrogens is 2. The molecule has 4 aromatic rings. The van der Waals surface area contributed by atoms with Crippen LogP contribution in [0.2, 0.25) is 0 Å². The van der Waals surface area contributed by atoms with Crippen LogP contribution in [0.1, 0.15) is 84.5 Å². The molecule has 0 aliphatic heterocycles. The molecule has 0 saturated heterocycles. The van der Waals surface area contributed by atoms with E-state index in [2.05, 4.69) is 34.4 Å². The number of aryl methyl sites for hydroxylation is 2. The van der Waals surface area contributed by atoms with Gasteiger partial charge in [-0.1, -0.05) is 49.9 Å². The summed E-state index contributed by atoms with van der Waals surface area (Å²) in [7, 11) is 2.05. The highest BCUT2D eigenvalue weighted by Gasteiger charge is 2.42. The van der Waals surface area contributed by atoms with Crippen molar-refractivity contribution >= 4 is 40.4 Å². The zero-order valence-corrected chi connectivity index (χ0v) is 25.2. The lowest BCUT2D eigenvalue weighted by molar-refractivity contribution is -0.131. The highest BCUT2D eigenvalue weighted by Crippen LogP contribution is 2.44. The molecule has 2 heterocycles. The molecular formula is C36H38N4O4. The van der Waals surface area contributed by atoms with Crippen molar-refractivity contribution in [2.24, 2.45) is 7.05 Å². The molecule has 226 valence electrons. The van der Waals surface area contributed by atoms with Gasteiger partial charge in [-0.15, -0.1) is 0 Å². The molecule has 0 unspecified atom stereocenters. The van der Waals surface area contributed by atoms with Gasteiger partial charge < -0.3 is 20.3 Å². The monoisotopic (exact) mass is 590 g/mol. The van der Waals surface area contributed by atoms with Crippen LogP contribution in [-0.2, 0) is 16.6 Å². The summed E-state index contributed by atoms with van der Waals surface area (Å²) >= 11 is 0. The van der Waals surface area contributed by atoms with Crippen LogP contribution in [0.25, 0.3) is 28.4 Å². The summed E-state index contributed by atoms with van der Waals surface area (Å²) in [5.41, 5.74) is 6.15. The molecule has 2 saturated carbocycles. The number of rotatable bonds is 8. The van der Waals surface area contributed by atoms with E-state index in [9.17, 15) is 14.4 Å². The fourth-order valence-electron chi connectivity index (χ4n) is 6.99. The summed E-state index contributed by atoms with van der Waals surface area (Å²) in [5.74, 6) is -1.07. The molecule has 0 spiro atoms. The van der Waals surface area contributed by atoms with Gasteiger partial charge in [0.05, 0.1) is 11.4 Å². The van der Waals surface area contributed by atoms with Gasteiger partial charge in [0, 0.05) is 41.0 Å². The van der Waals surface area contributed by atoms with Gasteiger partial charge >= 0.3 is 5.97 Å². The minimum absolute atomic E-state index is 0.242. The number of fused-ring (bicyclic) bond motifs is 1. The topological polar surface area (TPSA) is 113 Å². The van der Waals surface area contributed by atoms with E-state index in [1.807, 2.05) is 31.2 Å². The second-order valence-electron chi connectivity index (χ2n) is 12.2. The van der Waals surface area contributed by atoms with E-state index in [1.54, 1.807) is 24.3 Å². The predicted molar refractivity (Wildman–Crippen MR) is 173 cm³/mol. The van der Waals surface area contributed by atoms with Crippen molar-refractivity contribution in [1.29, 1.82) is 0 Å². The Hall–Kier alpha value is -4.72. The third-order valence-corrected chi connectivity index (χ3v) is 9.23. The van der Waals surface area contributed by atoms with Crippen LogP contribution in [0.3, 0.4) is 0 Å². The van der Waals surface area contributed by atoms with Gasteiger partial charge in [0.2, 0.25) is 5.91 Å².